The normalized spacial score (nSPS) is 16.1. The molecule has 1 aliphatic heterocycles. The molecule has 110 valence electrons. The second-order valence-electron chi connectivity index (χ2n) is 4.31. The third kappa shape index (κ3) is 3.86. The van der Waals surface area contributed by atoms with E-state index in [2.05, 4.69) is 10.5 Å². The molecule has 2 heterocycles. The predicted octanol–water partition coefficient (Wildman–Crippen LogP) is -1.13. The summed E-state index contributed by atoms with van der Waals surface area (Å²) in [6.07, 6.45) is 0. The summed E-state index contributed by atoms with van der Waals surface area (Å²) in [6.45, 7) is 3.11. The van der Waals surface area contributed by atoms with Crippen LogP contribution in [0, 0.1) is 0 Å². The lowest BCUT2D eigenvalue weighted by Gasteiger charge is -2.26. The van der Waals surface area contributed by atoms with E-state index < -0.39 is 0 Å². The van der Waals surface area contributed by atoms with Crippen LogP contribution in [0.5, 0.6) is 0 Å². The van der Waals surface area contributed by atoms with Gasteiger partial charge in [-0.15, -0.1) is 0 Å². The highest BCUT2D eigenvalue weighted by atomic mass is 16.5. The second kappa shape index (κ2) is 7.13. The van der Waals surface area contributed by atoms with Gasteiger partial charge in [-0.2, -0.15) is 5.10 Å². The minimum absolute atomic E-state index is 0.201. The molecule has 0 aliphatic carbocycles. The number of nitrogens with one attached hydrogen (secondary N) is 1. The number of hydrazine groups is 1. The summed E-state index contributed by atoms with van der Waals surface area (Å²) >= 11 is 0. The van der Waals surface area contributed by atoms with Gasteiger partial charge in [0, 0.05) is 26.3 Å². The Labute approximate surface area is 116 Å². The first-order chi connectivity index (χ1) is 9.70. The number of amides is 1. The minimum atomic E-state index is -0.335. The fourth-order valence-electron chi connectivity index (χ4n) is 1.78. The van der Waals surface area contributed by atoms with E-state index in [1.54, 1.807) is 12.1 Å². The molecule has 1 aliphatic rings. The Morgan fingerprint density at radius 2 is 2.20 bits per heavy atom. The number of methoxy groups -OCH3 is 1. The Kier molecular flexibility index (Phi) is 5.22. The van der Waals surface area contributed by atoms with Gasteiger partial charge in [0.25, 0.3) is 11.5 Å². The van der Waals surface area contributed by atoms with Gasteiger partial charge in [0.05, 0.1) is 26.4 Å². The van der Waals surface area contributed by atoms with Crippen molar-refractivity contribution in [3.05, 3.63) is 28.2 Å². The first-order valence-electron chi connectivity index (χ1n) is 6.41. The van der Waals surface area contributed by atoms with Crippen molar-refractivity contribution in [1.29, 1.82) is 0 Å². The van der Waals surface area contributed by atoms with E-state index in [0.717, 1.165) is 0 Å². The Morgan fingerprint density at radius 1 is 1.45 bits per heavy atom. The maximum atomic E-state index is 12.0. The molecule has 1 amide bonds. The summed E-state index contributed by atoms with van der Waals surface area (Å²) in [5, 5.41) is 5.81. The first-order valence-corrected chi connectivity index (χ1v) is 6.41. The highest BCUT2D eigenvalue weighted by Gasteiger charge is 2.16. The summed E-state index contributed by atoms with van der Waals surface area (Å²) in [5.41, 5.74) is 2.69. The summed E-state index contributed by atoms with van der Waals surface area (Å²) in [4.78, 5) is 23.6. The SMILES string of the molecule is COCCn1nc(C(=O)NN2CCOCC2)ccc1=O. The van der Waals surface area contributed by atoms with E-state index in [1.807, 2.05) is 0 Å². The van der Waals surface area contributed by atoms with Crippen LogP contribution in [-0.2, 0) is 16.0 Å². The predicted molar refractivity (Wildman–Crippen MR) is 70.2 cm³/mol. The zero-order chi connectivity index (χ0) is 14.4. The fraction of sp³-hybridized carbons (Fsp3) is 0.583. The van der Waals surface area contributed by atoms with E-state index in [4.69, 9.17) is 9.47 Å². The van der Waals surface area contributed by atoms with Crippen molar-refractivity contribution in [3.63, 3.8) is 0 Å². The molecule has 0 spiro atoms. The number of ether oxygens (including phenoxy) is 2. The molecular formula is C12H18N4O4. The quantitative estimate of drug-likeness (QED) is 0.735. The van der Waals surface area contributed by atoms with Crippen LogP contribution in [0.1, 0.15) is 10.5 Å². The number of rotatable bonds is 5. The molecule has 1 saturated heterocycles. The van der Waals surface area contributed by atoms with Crippen LogP contribution in [-0.4, -0.2) is 60.7 Å². The van der Waals surface area contributed by atoms with Crippen LogP contribution < -0.4 is 11.0 Å². The van der Waals surface area contributed by atoms with Crippen molar-refractivity contribution in [2.24, 2.45) is 0 Å². The summed E-state index contributed by atoms with van der Waals surface area (Å²) < 4.78 is 11.3. The highest BCUT2D eigenvalue weighted by molar-refractivity contribution is 5.91. The van der Waals surface area contributed by atoms with Crippen LogP contribution in [0.2, 0.25) is 0 Å². The zero-order valence-electron chi connectivity index (χ0n) is 11.4. The third-order valence-corrected chi connectivity index (χ3v) is 2.88. The number of hydrogen-bond donors (Lipinski definition) is 1. The smallest absolute Gasteiger partial charge is 0.286 e. The maximum Gasteiger partial charge on any atom is 0.286 e. The lowest BCUT2D eigenvalue weighted by molar-refractivity contribution is 0.0124. The monoisotopic (exact) mass is 282 g/mol. The van der Waals surface area contributed by atoms with Gasteiger partial charge in [-0.1, -0.05) is 0 Å². The average Bonchev–Trinajstić information content (AvgIpc) is 2.47. The lowest BCUT2D eigenvalue weighted by Crippen LogP contribution is -2.48. The van der Waals surface area contributed by atoms with Gasteiger partial charge < -0.3 is 9.47 Å². The summed E-state index contributed by atoms with van der Waals surface area (Å²) in [6, 6.07) is 2.75. The summed E-state index contributed by atoms with van der Waals surface area (Å²) in [5.74, 6) is -0.335. The van der Waals surface area contributed by atoms with Crippen molar-refractivity contribution in [2.45, 2.75) is 6.54 Å². The van der Waals surface area contributed by atoms with E-state index in [9.17, 15) is 9.59 Å². The largest absolute Gasteiger partial charge is 0.383 e. The maximum absolute atomic E-state index is 12.0. The molecule has 20 heavy (non-hydrogen) atoms. The van der Waals surface area contributed by atoms with Crippen LogP contribution in [0.3, 0.4) is 0 Å². The molecule has 1 N–H and O–H groups in total. The Morgan fingerprint density at radius 3 is 2.90 bits per heavy atom. The summed E-state index contributed by atoms with van der Waals surface area (Å²) in [7, 11) is 1.54. The number of nitrogens with zero attached hydrogens (tertiary/aromatic N) is 3. The van der Waals surface area contributed by atoms with Gasteiger partial charge in [-0.05, 0) is 6.07 Å². The molecule has 0 unspecified atom stereocenters. The number of carbonyl (C=O) groups excluding carboxylic acids is 1. The minimum Gasteiger partial charge on any atom is -0.383 e. The standard InChI is InChI=1S/C12H18N4O4/c1-19-7-6-16-11(17)3-2-10(13-16)12(18)14-15-4-8-20-9-5-15/h2-3H,4-9H2,1H3,(H,14,18). The van der Waals surface area contributed by atoms with Gasteiger partial charge in [0.15, 0.2) is 0 Å². The van der Waals surface area contributed by atoms with E-state index in [0.29, 0.717) is 39.5 Å². The lowest BCUT2D eigenvalue weighted by atomic mass is 10.3. The van der Waals surface area contributed by atoms with Crippen molar-refractivity contribution in [3.8, 4) is 0 Å². The molecule has 1 fully saturated rings. The van der Waals surface area contributed by atoms with E-state index in [-0.39, 0.29) is 17.2 Å². The van der Waals surface area contributed by atoms with Crippen molar-refractivity contribution in [1.82, 2.24) is 20.2 Å². The third-order valence-electron chi connectivity index (χ3n) is 2.88. The van der Waals surface area contributed by atoms with Gasteiger partial charge in [-0.25, -0.2) is 9.69 Å². The molecule has 1 aromatic rings. The van der Waals surface area contributed by atoms with Gasteiger partial charge in [-0.3, -0.25) is 15.0 Å². The zero-order valence-corrected chi connectivity index (χ0v) is 11.4. The number of aromatic nitrogens is 2. The second-order valence-corrected chi connectivity index (χ2v) is 4.31. The molecule has 0 aromatic carbocycles. The topological polar surface area (TPSA) is 85.7 Å². The molecule has 0 atom stereocenters. The first kappa shape index (κ1) is 14.6. The Balaban J connectivity index is 2.03. The average molecular weight is 282 g/mol. The van der Waals surface area contributed by atoms with Gasteiger partial charge in [0.2, 0.25) is 0 Å². The molecule has 0 bridgehead atoms. The molecule has 0 saturated carbocycles. The molecule has 8 heteroatoms. The molecular weight excluding hydrogens is 264 g/mol. The van der Waals surface area contributed by atoms with Crippen LogP contribution in [0.4, 0.5) is 0 Å². The van der Waals surface area contributed by atoms with E-state index in [1.165, 1.54) is 16.8 Å². The molecule has 1 aromatic heterocycles. The fourth-order valence-corrected chi connectivity index (χ4v) is 1.78. The van der Waals surface area contributed by atoms with Crippen LogP contribution in [0.25, 0.3) is 0 Å². The number of morpholine rings is 1. The Bertz CT molecular complexity index is 510. The van der Waals surface area contributed by atoms with E-state index >= 15 is 0 Å². The van der Waals surface area contributed by atoms with Gasteiger partial charge in [0.1, 0.15) is 5.69 Å². The van der Waals surface area contributed by atoms with Crippen molar-refractivity contribution < 1.29 is 14.3 Å². The number of hydrogen-bond acceptors (Lipinski definition) is 6. The van der Waals surface area contributed by atoms with Crippen LogP contribution in [0.15, 0.2) is 16.9 Å². The Hall–Kier alpha value is -1.77. The van der Waals surface area contributed by atoms with Crippen molar-refractivity contribution >= 4 is 5.91 Å². The molecule has 0 radical (unpaired) electrons. The van der Waals surface area contributed by atoms with Gasteiger partial charge >= 0.3 is 0 Å². The number of carbonyl (C=O) groups is 1. The van der Waals surface area contributed by atoms with Crippen molar-refractivity contribution in [2.75, 3.05) is 40.0 Å². The molecule has 8 nitrogen and oxygen atoms in total. The van der Waals surface area contributed by atoms with Crippen LogP contribution >= 0.6 is 0 Å². The highest BCUT2D eigenvalue weighted by Crippen LogP contribution is 1.96. The molecule has 2 rings (SSSR count).